The predicted octanol–water partition coefficient (Wildman–Crippen LogP) is 1.58. The molecule has 0 bridgehead atoms. The highest BCUT2D eigenvalue weighted by Crippen LogP contribution is 2.25. The predicted molar refractivity (Wildman–Crippen MR) is 69.9 cm³/mol. The fourth-order valence-electron chi connectivity index (χ4n) is 2.68. The molecule has 0 aliphatic carbocycles. The second-order valence-electron chi connectivity index (χ2n) is 5.10. The number of hydrogen-bond acceptors (Lipinski definition) is 5. The van der Waals surface area contributed by atoms with Crippen LogP contribution in [0.5, 0.6) is 0 Å². The van der Waals surface area contributed by atoms with Gasteiger partial charge in [-0.2, -0.15) is 0 Å². The molecule has 1 aliphatic rings. The van der Waals surface area contributed by atoms with Crippen molar-refractivity contribution in [3.8, 4) is 0 Å². The normalized spacial score (nSPS) is 25.5. The summed E-state index contributed by atoms with van der Waals surface area (Å²) in [6, 6.07) is 0.459. The van der Waals surface area contributed by atoms with Crippen molar-refractivity contribution in [2.45, 2.75) is 52.1 Å². The van der Waals surface area contributed by atoms with Crippen LogP contribution in [0.2, 0.25) is 0 Å². The lowest BCUT2D eigenvalue weighted by Crippen LogP contribution is -2.46. The molecule has 2 atom stereocenters. The maximum absolute atomic E-state index is 5.89. The second-order valence-corrected chi connectivity index (χ2v) is 5.10. The van der Waals surface area contributed by atoms with Gasteiger partial charge in [0.2, 0.25) is 11.8 Å². The zero-order chi connectivity index (χ0) is 13.0. The summed E-state index contributed by atoms with van der Waals surface area (Å²) < 4.78 is 5.58. The average molecular weight is 252 g/mol. The molecule has 1 saturated heterocycles. The summed E-state index contributed by atoms with van der Waals surface area (Å²) in [6.07, 6.45) is 4.50. The molecule has 1 aromatic heterocycles. The van der Waals surface area contributed by atoms with Crippen molar-refractivity contribution in [3.63, 3.8) is 0 Å². The molecule has 102 valence electrons. The first-order chi connectivity index (χ1) is 8.76. The van der Waals surface area contributed by atoms with Gasteiger partial charge < -0.3 is 10.2 Å². The zero-order valence-corrected chi connectivity index (χ0v) is 11.4. The topological polar surface area (TPSA) is 68.2 Å². The number of aromatic nitrogens is 2. The van der Waals surface area contributed by atoms with Crippen molar-refractivity contribution in [1.82, 2.24) is 15.1 Å². The third kappa shape index (κ3) is 3.09. The van der Waals surface area contributed by atoms with Crippen molar-refractivity contribution in [2.24, 2.45) is 11.7 Å². The maximum atomic E-state index is 5.89. The molecule has 2 unspecified atom stereocenters. The van der Waals surface area contributed by atoms with E-state index in [9.17, 15) is 0 Å². The standard InChI is InChI=1S/C13H24N4O/c1-3-10-5-6-17(11(7-10)8-14)9-13-16-15-12(4-2)18-13/h10-11H,3-9,14H2,1-2H3. The van der Waals surface area contributed by atoms with E-state index in [1.165, 1.54) is 19.3 Å². The van der Waals surface area contributed by atoms with Gasteiger partial charge in [-0.05, 0) is 25.3 Å². The molecule has 2 rings (SSSR count). The van der Waals surface area contributed by atoms with Gasteiger partial charge in [0.25, 0.3) is 0 Å². The fourth-order valence-corrected chi connectivity index (χ4v) is 2.68. The molecule has 1 aromatic rings. The van der Waals surface area contributed by atoms with E-state index in [0.717, 1.165) is 37.2 Å². The Morgan fingerprint density at radius 1 is 1.33 bits per heavy atom. The number of rotatable bonds is 5. The number of likely N-dealkylation sites (tertiary alicyclic amines) is 1. The first kappa shape index (κ1) is 13.5. The SMILES string of the molecule is CCc1nnc(CN2CCC(CC)CC2CN)o1. The van der Waals surface area contributed by atoms with Gasteiger partial charge in [0.15, 0.2) is 0 Å². The van der Waals surface area contributed by atoms with Crippen LogP contribution in [0.3, 0.4) is 0 Å². The molecule has 18 heavy (non-hydrogen) atoms. The van der Waals surface area contributed by atoms with Crippen molar-refractivity contribution in [1.29, 1.82) is 0 Å². The van der Waals surface area contributed by atoms with Gasteiger partial charge in [-0.3, -0.25) is 4.90 Å². The molecule has 5 nitrogen and oxygen atoms in total. The summed E-state index contributed by atoms with van der Waals surface area (Å²) >= 11 is 0. The average Bonchev–Trinajstić information content (AvgIpc) is 2.87. The van der Waals surface area contributed by atoms with Gasteiger partial charge in [-0.15, -0.1) is 10.2 Å². The lowest BCUT2D eigenvalue weighted by molar-refractivity contribution is 0.0975. The molecule has 0 saturated carbocycles. The first-order valence-corrected chi connectivity index (χ1v) is 7.02. The summed E-state index contributed by atoms with van der Waals surface area (Å²) in [5.74, 6) is 2.27. The van der Waals surface area contributed by atoms with E-state index in [2.05, 4.69) is 22.0 Å². The lowest BCUT2D eigenvalue weighted by atomic mass is 9.89. The largest absolute Gasteiger partial charge is 0.424 e. The van der Waals surface area contributed by atoms with Gasteiger partial charge in [0.1, 0.15) is 0 Å². The van der Waals surface area contributed by atoms with Gasteiger partial charge in [-0.25, -0.2) is 0 Å². The Balaban J connectivity index is 1.95. The number of nitrogens with two attached hydrogens (primary N) is 1. The molecule has 0 spiro atoms. The number of aryl methyl sites for hydroxylation is 1. The van der Waals surface area contributed by atoms with Crippen molar-refractivity contribution in [2.75, 3.05) is 13.1 Å². The van der Waals surface area contributed by atoms with Crippen molar-refractivity contribution in [3.05, 3.63) is 11.8 Å². The Morgan fingerprint density at radius 3 is 2.72 bits per heavy atom. The van der Waals surface area contributed by atoms with E-state index in [1.807, 2.05) is 6.92 Å². The molecule has 2 N–H and O–H groups in total. The van der Waals surface area contributed by atoms with Gasteiger partial charge in [0, 0.05) is 19.0 Å². The van der Waals surface area contributed by atoms with Crippen molar-refractivity contribution < 1.29 is 4.42 Å². The quantitative estimate of drug-likeness (QED) is 0.861. The number of nitrogens with zero attached hydrogens (tertiary/aromatic N) is 3. The molecule has 1 fully saturated rings. The van der Waals surface area contributed by atoms with Crippen LogP contribution >= 0.6 is 0 Å². The van der Waals surface area contributed by atoms with E-state index >= 15 is 0 Å². The Morgan fingerprint density at radius 2 is 2.11 bits per heavy atom. The van der Waals surface area contributed by atoms with Crippen LogP contribution in [0.15, 0.2) is 4.42 Å². The van der Waals surface area contributed by atoms with Crippen LogP contribution in [0, 0.1) is 5.92 Å². The summed E-state index contributed by atoms with van der Waals surface area (Å²) in [7, 11) is 0. The zero-order valence-electron chi connectivity index (χ0n) is 11.4. The molecule has 0 aromatic carbocycles. The fraction of sp³-hybridized carbons (Fsp3) is 0.846. The van der Waals surface area contributed by atoms with E-state index in [4.69, 9.17) is 10.2 Å². The highest BCUT2D eigenvalue weighted by Gasteiger charge is 2.27. The Bertz CT molecular complexity index is 366. The summed E-state index contributed by atoms with van der Waals surface area (Å²) in [5, 5.41) is 8.10. The molecule has 0 amide bonds. The smallest absolute Gasteiger partial charge is 0.230 e. The number of hydrogen-bond donors (Lipinski definition) is 1. The van der Waals surface area contributed by atoms with Crippen LogP contribution in [0.4, 0.5) is 0 Å². The minimum Gasteiger partial charge on any atom is -0.424 e. The minimum atomic E-state index is 0.459. The Kier molecular flexibility index (Phi) is 4.72. The van der Waals surface area contributed by atoms with E-state index in [0.29, 0.717) is 12.6 Å². The Labute approximate surface area is 109 Å². The molecule has 0 radical (unpaired) electrons. The molecule has 2 heterocycles. The molecular weight excluding hydrogens is 228 g/mol. The monoisotopic (exact) mass is 252 g/mol. The van der Waals surface area contributed by atoms with E-state index in [1.54, 1.807) is 0 Å². The first-order valence-electron chi connectivity index (χ1n) is 7.02. The van der Waals surface area contributed by atoms with Crippen molar-refractivity contribution >= 4 is 0 Å². The van der Waals surface area contributed by atoms with Gasteiger partial charge in [-0.1, -0.05) is 20.3 Å². The maximum Gasteiger partial charge on any atom is 0.230 e. The summed E-state index contributed by atoms with van der Waals surface area (Å²) in [5.41, 5.74) is 5.89. The molecule has 1 aliphatic heterocycles. The van der Waals surface area contributed by atoms with Crippen LogP contribution in [0.1, 0.15) is 44.9 Å². The third-order valence-corrected chi connectivity index (χ3v) is 3.95. The van der Waals surface area contributed by atoms with Gasteiger partial charge >= 0.3 is 0 Å². The van der Waals surface area contributed by atoms with Gasteiger partial charge in [0.05, 0.1) is 6.54 Å². The van der Waals surface area contributed by atoms with E-state index in [-0.39, 0.29) is 0 Å². The van der Waals surface area contributed by atoms with Crippen LogP contribution in [0.25, 0.3) is 0 Å². The van der Waals surface area contributed by atoms with Crippen LogP contribution < -0.4 is 5.73 Å². The van der Waals surface area contributed by atoms with Crippen LogP contribution in [-0.2, 0) is 13.0 Å². The highest BCUT2D eigenvalue weighted by molar-refractivity contribution is 4.87. The minimum absolute atomic E-state index is 0.459. The lowest BCUT2D eigenvalue weighted by Gasteiger charge is -2.38. The molecular formula is C13H24N4O. The number of piperidine rings is 1. The van der Waals surface area contributed by atoms with E-state index < -0.39 is 0 Å². The summed E-state index contributed by atoms with van der Waals surface area (Å²) in [6.45, 7) is 6.83. The third-order valence-electron chi connectivity index (χ3n) is 3.95. The molecule has 5 heteroatoms. The second kappa shape index (κ2) is 6.29. The van der Waals surface area contributed by atoms with Crippen LogP contribution in [-0.4, -0.2) is 34.2 Å². The highest BCUT2D eigenvalue weighted by atomic mass is 16.4. The Hall–Kier alpha value is -0.940. The summed E-state index contributed by atoms with van der Waals surface area (Å²) in [4.78, 5) is 2.39.